The van der Waals surface area contributed by atoms with Gasteiger partial charge in [-0.3, -0.25) is 4.48 Å². The van der Waals surface area contributed by atoms with Crippen LogP contribution in [-0.2, 0) is 0 Å². The summed E-state index contributed by atoms with van der Waals surface area (Å²) in [6.45, 7) is 6.96. The fraction of sp³-hybridized carbons (Fsp3) is 0.478. The SMILES string of the molecule is CCCCCCCC[N+](CCC)(c1ccccc1)c1ccccc1.[OH-]. The van der Waals surface area contributed by atoms with Crippen LogP contribution in [0.1, 0.15) is 58.8 Å². The van der Waals surface area contributed by atoms with Crippen molar-refractivity contribution in [2.45, 2.75) is 58.8 Å². The van der Waals surface area contributed by atoms with Crippen LogP contribution in [0.15, 0.2) is 60.7 Å². The molecule has 0 heterocycles. The Morgan fingerprint density at radius 1 is 0.560 bits per heavy atom. The second kappa shape index (κ2) is 11.8. The maximum atomic E-state index is 2.31. The molecule has 0 saturated carbocycles. The van der Waals surface area contributed by atoms with E-state index in [9.17, 15) is 0 Å². The van der Waals surface area contributed by atoms with Gasteiger partial charge in [-0.15, -0.1) is 0 Å². The molecule has 1 N–H and O–H groups in total. The highest BCUT2D eigenvalue weighted by atomic mass is 16.0. The van der Waals surface area contributed by atoms with Crippen LogP contribution < -0.4 is 4.48 Å². The van der Waals surface area contributed by atoms with Crippen molar-refractivity contribution < 1.29 is 5.48 Å². The highest BCUT2D eigenvalue weighted by Crippen LogP contribution is 2.35. The zero-order valence-corrected chi connectivity index (χ0v) is 16.0. The Kier molecular flexibility index (Phi) is 10.1. The van der Waals surface area contributed by atoms with E-state index in [1.165, 1.54) is 69.4 Å². The van der Waals surface area contributed by atoms with Crippen molar-refractivity contribution in [2.75, 3.05) is 13.1 Å². The number of quaternary nitrogens is 1. The molecule has 0 saturated heterocycles. The Morgan fingerprint density at radius 3 is 1.52 bits per heavy atom. The molecule has 2 rings (SSSR count). The van der Waals surface area contributed by atoms with Crippen LogP contribution in [0.2, 0.25) is 0 Å². The predicted octanol–water partition coefficient (Wildman–Crippen LogP) is 6.92. The highest BCUT2D eigenvalue weighted by Gasteiger charge is 2.31. The number of nitrogens with zero attached hydrogens (tertiary/aromatic N) is 1. The molecule has 2 aromatic rings. The van der Waals surface area contributed by atoms with Crippen molar-refractivity contribution >= 4 is 11.4 Å². The Hall–Kier alpha value is -1.64. The molecule has 25 heavy (non-hydrogen) atoms. The minimum absolute atomic E-state index is 0. The van der Waals surface area contributed by atoms with Gasteiger partial charge in [-0.25, -0.2) is 0 Å². The summed E-state index contributed by atoms with van der Waals surface area (Å²) in [6, 6.07) is 22.2. The molecule has 2 heteroatoms. The van der Waals surface area contributed by atoms with Gasteiger partial charge in [0.25, 0.3) is 0 Å². The smallest absolute Gasteiger partial charge is 0.137 e. The Bertz CT molecular complexity index is 513. The first-order valence-corrected chi connectivity index (χ1v) is 9.82. The third kappa shape index (κ3) is 5.98. The van der Waals surface area contributed by atoms with Crippen molar-refractivity contribution in [3.63, 3.8) is 0 Å². The number of rotatable bonds is 11. The maximum Gasteiger partial charge on any atom is 0.137 e. The minimum Gasteiger partial charge on any atom is -0.870 e. The Labute approximate surface area is 154 Å². The van der Waals surface area contributed by atoms with E-state index in [1.807, 2.05) is 0 Å². The molecule has 0 aliphatic carbocycles. The van der Waals surface area contributed by atoms with Crippen LogP contribution >= 0.6 is 0 Å². The largest absolute Gasteiger partial charge is 0.870 e. The monoisotopic (exact) mass is 341 g/mol. The second-order valence-electron chi connectivity index (χ2n) is 6.85. The average Bonchev–Trinajstić information content (AvgIpc) is 2.65. The van der Waals surface area contributed by atoms with Crippen LogP contribution in [0.5, 0.6) is 0 Å². The normalized spacial score (nSPS) is 11.1. The van der Waals surface area contributed by atoms with Gasteiger partial charge in [0.2, 0.25) is 0 Å². The first-order chi connectivity index (χ1) is 11.8. The van der Waals surface area contributed by atoms with E-state index in [0.29, 0.717) is 0 Å². The van der Waals surface area contributed by atoms with Crippen LogP contribution in [0.3, 0.4) is 0 Å². The fourth-order valence-corrected chi connectivity index (χ4v) is 3.75. The molecule has 0 amide bonds. The Balaban J connectivity index is 0.00000312. The van der Waals surface area contributed by atoms with E-state index in [0.717, 1.165) is 4.48 Å². The average molecular weight is 342 g/mol. The van der Waals surface area contributed by atoms with Crippen LogP contribution in [0.4, 0.5) is 11.4 Å². The topological polar surface area (TPSA) is 30.0 Å². The van der Waals surface area contributed by atoms with Gasteiger partial charge < -0.3 is 5.48 Å². The molecule has 138 valence electrons. The summed E-state index contributed by atoms with van der Waals surface area (Å²) in [5.41, 5.74) is 2.86. The molecule has 0 unspecified atom stereocenters. The van der Waals surface area contributed by atoms with Gasteiger partial charge in [-0.05, 0) is 43.5 Å². The van der Waals surface area contributed by atoms with Crippen LogP contribution in [0.25, 0.3) is 0 Å². The quantitative estimate of drug-likeness (QED) is 0.322. The van der Waals surface area contributed by atoms with E-state index in [2.05, 4.69) is 74.5 Å². The molecule has 0 aromatic heterocycles. The lowest BCUT2D eigenvalue weighted by Gasteiger charge is -2.38. The van der Waals surface area contributed by atoms with Gasteiger partial charge in [0.05, 0.1) is 13.1 Å². The van der Waals surface area contributed by atoms with E-state index < -0.39 is 0 Å². The third-order valence-electron chi connectivity index (χ3n) is 5.00. The number of para-hydroxylation sites is 2. The van der Waals surface area contributed by atoms with Gasteiger partial charge in [0, 0.05) is 0 Å². The van der Waals surface area contributed by atoms with Gasteiger partial charge in [0.15, 0.2) is 0 Å². The summed E-state index contributed by atoms with van der Waals surface area (Å²) in [5.74, 6) is 0. The van der Waals surface area contributed by atoms with Crippen molar-refractivity contribution in [1.82, 2.24) is 4.48 Å². The molecule has 0 aliphatic rings. The van der Waals surface area contributed by atoms with E-state index in [4.69, 9.17) is 0 Å². The first-order valence-electron chi connectivity index (χ1n) is 9.82. The van der Waals surface area contributed by atoms with E-state index in [-0.39, 0.29) is 5.48 Å². The minimum atomic E-state index is 0. The Morgan fingerprint density at radius 2 is 1.04 bits per heavy atom. The molecule has 2 nitrogen and oxygen atoms in total. The molecule has 0 aliphatic heterocycles. The van der Waals surface area contributed by atoms with Gasteiger partial charge in [-0.2, -0.15) is 0 Å². The molecule has 0 fully saturated rings. The summed E-state index contributed by atoms with van der Waals surface area (Å²) in [5, 5.41) is 0. The van der Waals surface area contributed by atoms with Gasteiger partial charge >= 0.3 is 0 Å². The molecule has 0 radical (unpaired) electrons. The maximum absolute atomic E-state index is 2.31. The lowest BCUT2D eigenvalue weighted by Crippen LogP contribution is -2.45. The number of hydrogen-bond acceptors (Lipinski definition) is 1. The van der Waals surface area contributed by atoms with Gasteiger partial charge in [0.1, 0.15) is 11.4 Å². The van der Waals surface area contributed by atoms with Crippen LogP contribution in [-0.4, -0.2) is 18.6 Å². The number of benzene rings is 2. The standard InChI is InChI=1S/C23H34N.H2O/c1-3-5-6-7-8-15-21-24(20-4-2,22-16-11-9-12-17-22)23-18-13-10-14-19-23;/h9-14,16-19H,3-8,15,20-21H2,1-2H3;1H2/q+1;/p-1. The molecule has 0 atom stereocenters. The first kappa shape index (κ1) is 21.4. The lowest BCUT2D eigenvalue weighted by molar-refractivity contribution is 0.366. The third-order valence-corrected chi connectivity index (χ3v) is 5.00. The van der Waals surface area contributed by atoms with E-state index in [1.54, 1.807) is 0 Å². The number of hydrogen-bond donors (Lipinski definition) is 0. The van der Waals surface area contributed by atoms with Gasteiger partial charge in [-0.1, -0.05) is 75.9 Å². The summed E-state index contributed by atoms with van der Waals surface area (Å²) in [4.78, 5) is 0. The second-order valence-corrected chi connectivity index (χ2v) is 6.85. The molecule has 0 bridgehead atoms. The summed E-state index contributed by atoms with van der Waals surface area (Å²) in [7, 11) is 0. The summed E-state index contributed by atoms with van der Waals surface area (Å²) >= 11 is 0. The highest BCUT2D eigenvalue weighted by molar-refractivity contribution is 5.58. The fourth-order valence-electron chi connectivity index (χ4n) is 3.75. The van der Waals surface area contributed by atoms with Crippen LogP contribution in [0, 0.1) is 0 Å². The zero-order chi connectivity index (χ0) is 17.1. The molecular weight excluding hydrogens is 306 g/mol. The molecular formula is C23H35NO. The van der Waals surface area contributed by atoms with Crippen molar-refractivity contribution in [3.05, 3.63) is 60.7 Å². The van der Waals surface area contributed by atoms with Crippen molar-refractivity contribution in [1.29, 1.82) is 0 Å². The summed E-state index contributed by atoms with van der Waals surface area (Å²) < 4.78 is 0.992. The van der Waals surface area contributed by atoms with Crippen molar-refractivity contribution in [2.24, 2.45) is 0 Å². The zero-order valence-electron chi connectivity index (χ0n) is 16.0. The molecule has 0 spiro atoms. The summed E-state index contributed by atoms with van der Waals surface area (Å²) in [6.07, 6.45) is 9.32. The lowest BCUT2D eigenvalue weighted by atomic mass is 10.1. The van der Waals surface area contributed by atoms with E-state index >= 15 is 0 Å². The predicted molar refractivity (Wildman–Crippen MR) is 110 cm³/mol. The molecule has 2 aromatic carbocycles. The van der Waals surface area contributed by atoms with Crippen molar-refractivity contribution in [3.8, 4) is 0 Å². The number of unbranched alkanes of at least 4 members (excludes halogenated alkanes) is 5.